The van der Waals surface area contributed by atoms with Gasteiger partial charge in [0.2, 0.25) is 0 Å². The smallest absolute Gasteiger partial charge is 0.118 e. The summed E-state index contributed by atoms with van der Waals surface area (Å²) in [6, 6.07) is 7.86. The summed E-state index contributed by atoms with van der Waals surface area (Å²) in [5.41, 5.74) is 0.946. The predicted molar refractivity (Wildman–Crippen MR) is 76.4 cm³/mol. The molecule has 0 spiro atoms. The first-order valence-electron chi connectivity index (χ1n) is 6.56. The Morgan fingerprint density at radius 2 is 1.84 bits per heavy atom. The van der Waals surface area contributed by atoms with Crippen molar-refractivity contribution in [2.75, 3.05) is 20.3 Å². The molecule has 1 aromatic carbocycles. The highest BCUT2D eigenvalue weighted by Crippen LogP contribution is 2.11. The largest absolute Gasteiger partial charge is 0.497 e. The second-order valence-corrected chi connectivity index (χ2v) is 5.56. The number of aliphatic hydroxyl groups excluding tert-OH is 1. The minimum Gasteiger partial charge on any atom is -0.497 e. The van der Waals surface area contributed by atoms with Crippen molar-refractivity contribution in [1.82, 2.24) is 5.32 Å². The third kappa shape index (κ3) is 7.15. The zero-order valence-corrected chi connectivity index (χ0v) is 12.3. The van der Waals surface area contributed by atoms with E-state index in [2.05, 4.69) is 5.32 Å². The standard InChI is InChI=1S/C15H25NO3/c1-15(2,3)19-11-13(17)10-16-9-12-5-7-14(18-4)8-6-12/h5-8,13,16-17H,9-11H2,1-4H3. The van der Waals surface area contributed by atoms with Crippen molar-refractivity contribution in [1.29, 1.82) is 0 Å². The molecule has 0 amide bonds. The Labute approximate surface area is 115 Å². The fourth-order valence-electron chi connectivity index (χ4n) is 1.53. The second kappa shape index (κ2) is 7.48. The van der Waals surface area contributed by atoms with Crippen LogP contribution < -0.4 is 10.1 Å². The van der Waals surface area contributed by atoms with Gasteiger partial charge < -0.3 is 19.9 Å². The number of nitrogens with one attached hydrogen (secondary N) is 1. The van der Waals surface area contributed by atoms with E-state index in [1.165, 1.54) is 0 Å². The molecule has 0 heterocycles. The topological polar surface area (TPSA) is 50.7 Å². The van der Waals surface area contributed by atoms with E-state index in [4.69, 9.17) is 9.47 Å². The maximum absolute atomic E-state index is 9.77. The molecule has 0 bridgehead atoms. The SMILES string of the molecule is COc1ccc(CNCC(O)COC(C)(C)C)cc1. The quantitative estimate of drug-likeness (QED) is 0.793. The molecule has 0 aliphatic heterocycles. The Morgan fingerprint density at radius 1 is 1.21 bits per heavy atom. The number of rotatable bonds is 7. The van der Waals surface area contributed by atoms with E-state index in [0.29, 0.717) is 13.2 Å². The van der Waals surface area contributed by atoms with Crippen LogP contribution in [0.1, 0.15) is 26.3 Å². The maximum atomic E-state index is 9.77. The maximum Gasteiger partial charge on any atom is 0.118 e. The fraction of sp³-hybridized carbons (Fsp3) is 0.600. The van der Waals surface area contributed by atoms with Crippen LogP contribution in [0.4, 0.5) is 0 Å². The van der Waals surface area contributed by atoms with Crippen LogP contribution in [0.15, 0.2) is 24.3 Å². The molecule has 2 N–H and O–H groups in total. The molecule has 0 aliphatic rings. The third-order valence-corrected chi connectivity index (χ3v) is 2.58. The lowest BCUT2D eigenvalue weighted by Gasteiger charge is -2.22. The molecule has 1 rings (SSSR count). The van der Waals surface area contributed by atoms with Gasteiger partial charge in [-0.1, -0.05) is 12.1 Å². The summed E-state index contributed by atoms with van der Waals surface area (Å²) in [6.07, 6.45) is -0.488. The van der Waals surface area contributed by atoms with Crippen LogP contribution >= 0.6 is 0 Å². The molecular formula is C15H25NO3. The van der Waals surface area contributed by atoms with Crippen LogP contribution in [-0.2, 0) is 11.3 Å². The highest BCUT2D eigenvalue weighted by atomic mass is 16.5. The number of hydrogen-bond donors (Lipinski definition) is 2. The van der Waals surface area contributed by atoms with Crippen molar-refractivity contribution in [3.05, 3.63) is 29.8 Å². The Morgan fingerprint density at radius 3 is 2.37 bits per heavy atom. The van der Waals surface area contributed by atoms with Crippen molar-refractivity contribution in [3.8, 4) is 5.75 Å². The van der Waals surface area contributed by atoms with E-state index in [1.807, 2.05) is 45.0 Å². The second-order valence-electron chi connectivity index (χ2n) is 5.56. The monoisotopic (exact) mass is 267 g/mol. The summed E-state index contributed by atoms with van der Waals surface area (Å²) in [5.74, 6) is 0.849. The first kappa shape index (κ1) is 16.0. The highest BCUT2D eigenvalue weighted by Gasteiger charge is 2.13. The normalized spacial score (nSPS) is 13.3. The first-order chi connectivity index (χ1) is 8.90. The lowest BCUT2D eigenvalue weighted by molar-refractivity contribution is -0.0479. The van der Waals surface area contributed by atoms with Crippen molar-refractivity contribution in [3.63, 3.8) is 0 Å². The molecule has 108 valence electrons. The van der Waals surface area contributed by atoms with Crippen molar-refractivity contribution in [2.45, 2.75) is 39.0 Å². The zero-order valence-electron chi connectivity index (χ0n) is 12.3. The fourth-order valence-corrected chi connectivity index (χ4v) is 1.53. The van der Waals surface area contributed by atoms with Crippen molar-refractivity contribution >= 4 is 0 Å². The van der Waals surface area contributed by atoms with Gasteiger partial charge >= 0.3 is 0 Å². The molecule has 4 nitrogen and oxygen atoms in total. The van der Waals surface area contributed by atoms with E-state index < -0.39 is 6.10 Å². The minimum atomic E-state index is -0.488. The number of aliphatic hydroxyl groups is 1. The van der Waals surface area contributed by atoms with Crippen LogP contribution in [0.25, 0.3) is 0 Å². The molecule has 19 heavy (non-hydrogen) atoms. The summed E-state index contributed by atoms with van der Waals surface area (Å²) in [7, 11) is 1.65. The zero-order chi connectivity index (χ0) is 14.3. The Hall–Kier alpha value is -1.10. The average Bonchev–Trinajstić information content (AvgIpc) is 2.36. The predicted octanol–water partition coefficient (Wildman–Crippen LogP) is 1.96. The van der Waals surface area contributed by atoms with Crippen LogP contribution in [0, 0.1) is 0 Å². The van der Waals surface area contributed by atoms with Crippen LogP contribution in [0.3, 0.4) is 0 Å². The van der Waals surface area contributed by atoms with E-state index in [0.717, 1.165) is 17.9 Å². The van der Waals surface area contributed by atoms with Crippen LogP contribution in [-0.4, -0.2) is 37.1 Å². The minimum absolute atomic E-state index is 0.211. The molecule has 0 saturated carbocycles. The van der Waals surface area contributed by atoms with Crippen LogP contribution in [0.5, 0.6) is 5.75 Å². The van der Waals surface area contributed by atoms with Gasteiger partial charge in [-0.15, -0.1) is 0 Å². The first-order valence-corrected chi connectivity index (χ1v) is 6.56. The van der Waals surface area contributed by atoms with Gasteiger partial charge in [0, 0.05) is 13.1 Å². The van der Waals surface area contributed by atoms with Gasteiger partial charge in [-0.3, -0.25) is 0 Å². The van der Waals surface area contributed by atoms with Gasteiger partial charge in [0.25, 0.3) is 0 Å². The van der Waals surface area contributed by atoms with Gasteiger partial charge in [-0.2, -0.15) is 0 Å². The van der Waals surface area contributed by atoms with E-state index in [-0.39, 0.29) is 5.60 Å². The summed E-state index contributed by atoms with van der Waals surface area (Å²) in [5, 5.41) is 13.0. The third-order valence-electron chi connectivity index (χ3n) is 2.58. The Bertz CT molecular complexity index is 357. The molecule has 0 aromatic heterocycles. The number of methoxy groups -OCH3 is 1. The number of benzene rings is 1. The molecule has 1 aromatic rings. The van der Waals surface area contributed by atoms with Gasteiger partial charge in [0.15, 0.2) is 0 Å². The molecule has 1 atom stereocenters. The Kier molecular flexibility index (Phi) is 6.28. The number of ether oxygens (including phenoxy) is 2. The van der Waals surface area contributed by atoms with Gasteiger partial charge in [-0.05, 0) is 38.5 Å². The van der Waals surface area contributed by atoms with Crippen molar-refractivity contribution in [2.24, 2.45) is 0 Å². The molecule has 0 radical (unpaired) electrons. The lowest BCUT2D eigenvalue weighted by Crippen LogP contribution is -2.33. The highest BCUT2D eigenvalue weighted by molar-refractivity contribution is 5.26. The molecule has 0 fully saturated rings. The van der Waals surface area contributed by atoms with Gasteiger partial charge in [-0.25, -0.2) is 0 Å². The van der Waals surface area contributed by atoms with Gasteiger partial charge in [0.05, 0.1) is 25.4 Å². The van der Waals surface area contributed by atoms with Crippen molar-refractivity contribution < 1.29 is 14.6 Å². The number of hydrogen-bond acceptors (Lipinski definition) is 4. The summed E-state index contributed by atoms with van der Waals surface area (Å²) in [4.78, 5) is 0. The van der Waals surface area contributed by atoms with Gasteiger partial charge in [0.1, 0.15) is 5.75 Å². The molecular weight excluding hydrogens is 242 g/mol. The summed E-state index contributed by atoms with van der Waals surface area (Å²) < 4.78 is 10.6. The lowest BCUT2D eigenvalue weighted by atomic mass is 10.2. The van der Waals surface area contributed by atoms with E-state index in [1.54, 1.807) is 7.11 Å². The van der Waals surface area contributed by atoms with Crippen LogP contribution in [0.2, 0.25) is 0 Å². The summed E-state index contributed by atoms with van der Waals surface area (Å²) >= 11 is 0. The summed E-state index contributed by atoms with van der Waals surface area (Å²) in [6.45, 7) is 7.51. The van der Waals surface area contributed by atoms with E-state index in [9.17, 15) is 5.11 Å². The molecule has 4 heteroatoms. The van der Waals surface area contributed by atoms with E-state index >= 15 is 0 Å². The molecule has 0 aliphatic carbocycles. The Balaban J connectivity index is 2.22. The average molecular weight is 267 g/mol. The molecule has 0 saturated heterocycles. The molecule has 1 unspecified atom stereocenters.